The summed E-state index contributed by atoms with van der Waals surface area (Å²) < 4.78 is 16.1. The minimum absolute atomic E-state index is 0.162. The number of nitrogens with zero attached hydrogens (tertiary/aromatic N) is 1. The molecule has 3 rings (SSSR count). The van der Waals surface area contributed by atoms with Gasteiger partial charge in [0.05, 0.1) is 30.5 Å². The number of ether oxygens (including phenoxy) is 2. The van der Waals surface area contributed by atoms with Crippen LogP contribution in [0.15, 0.2) is 47.0 Å². The summed E-state index contributed by atoms with van der Waals surface area (Å²) in [6.07, 6.45) is 0.222. The summed E-state index contributed by atoms with van der Waals surface area (Å²) in [5, 5.41) is 7.26. The van der Waals surface area contributed by atoms with Crippen molar-refractivity contribution in [2.24, 2.45) is 0 Å². The van der Waals surface area contributed by atoms with Crippen LogP contribution in [0, 0.1) is 13.8 Å². The van der Waals surface area contributed by atoms with Crippen molar-refractivity contribution in [3.8, 4) is 11.5 Å². The van der Waals surface area contributed by atoms with E-state index in [-0.39, 0.29) is 12.3 Å². The van der Waals surface area contributed by atoms with Gasteiger partial charge in [0.1, 0.15) is 23.9 Å². The van der Waals surface area contributed by atoms with Crippen LogP contribution >= 0.6 is 11.6 Å². The van der Waals surface area contributed by atoms with Crippen molar-refractivity contribution in [1.29, 1.82) is 0 Å². The number of carbonyl (C=O) groups excluding carboxylic acids is 1. The molecule has 2 aromatic carbocycles. The standard InChI is InChI=1S/C21H21ClN2O4/c1-13-18(14(2)28-24-13)12-27-17-7-4-15(5-8-17)10-21(25)23-19-11-16(22)6-9-20(19)26-3/h4-9,11H,10,12H2,1-3H3,(H,23,25). The summed E-state index contributed by atoms with van der Waals surface area (Å²) >= 11 is 5.99. The normalized spacial score (nSPS) is 10.6. The number of aryl methyl sites for hydroxylation is 2. The molecule has 0 aliphatic heterocycles. The zero-order chi connectivity index (χ0) is 20.1. The zero-order valence-electron chi connectivity index (χ0n) is 15.9. The average molecular weight is 401 g/mol. The van der Waals surface area contributed by atoms with Crippen molar-refractivity contribution in [3.63, 3.8) is 0 Å². The molecule has 0 radical (unpaired) electrons. The number of hydrogen-bond donors (Lipinski definition) is 1. The molecule has 146 valence electrons. The molecule has 1 amide bonds. The summed E-state index contributed by atoms with van der Waals surface area (Å²) in [6, 6.07) is 12.5. The second-order valence-electron chi connectivity index (χ2n) is 6.30. The van der Waals surface area contributed by atoms with Gasteiger partial charge in [0.15, 0.2) is 0 Å². The number of amides is 1. The number of nitrogens with one attached hydrogen (secondary N) is 1. The predicted molar refractivity (Wildman–Crippen MR) is 107 cm³/mol. The first-order chi connectivity index (χ1) is 13.5. The smallest absolute Gasteiger partial charge is 0.228 e. The number of halogens is 1. The maximum atomic E-state index is 12.3. The minimum atomic E-state index is -0.162. The van der Waals surface area contributed by atoms with E-state index in [0.717, 1.165) is 22.6 Å². The topological polar surface area (TPSA) is 73.6 Å². The number of carbonyl (C=O) groups is 1. The SMILES string of the molecule is COc1ccc(Cl)cc1NC(=O)Cc1ccc(OCc2c(C)noc2C)cc1. The van der Waals surface area contributed by atoms with Crippen molar-refractivity contribution < 1.29 is 18.8 Å². The van der Waals surface area contributed by atoms with Crippen LogP contribution in [0.3, 0.4) is 0 Å². The van der Waals surface area contributed by atoms with Gasteiger partial charge in [0.2, 0.25) is 5.91 Å². The second kappa shape index (κ2) is 8.80. The molecule has 0 spiro atoms. The lowest BCUT2D eigenvalue weighted by Crippen LogP contribution is -2.15. The van der Waals surface area contributed by atoms with Crippen LogP contribution in [-0.4, -0.2) is 18.2 Å². The Morgan fingerprint density at radius 3 is 2.57 bits per heavy atom. The van der Waals surface area contributed by atoms with E-state index in [0.29, 0.717) is 28.8 Å². The lowest BCUT2D eigenvalue weighted by Gasteiger charge is -2.11. The van der Waals surface area contributed by atoms with Crippen LogP contribution in [0.5, 0.6) is 11.5 Å². The number of hydrogen-bond acceptors (Lipinski definition) is 5. The summed E-state index contributed by atoms with van der Waals surface area (Å²) in [4.78, 5) is 12.3. The number of methoxy groups -OCH3 is 1. The molecule has 0 unspecified atom stereocenters. The van der Waals surface area contributed by atoms with Crippen LogP contribution in [0.25, 0.3) is 0 Å². The Bertz CT molecular complexity index is 948. The van der Waals surface area contributed by atoms with E-state index in [1.807, 2.05) is 38.1 Å². The third kappa shape index (κ3) is 4.84. The summed E-state index contributed by atoms with van der Waals surface area (Å²) in [6.45, 7) is 4.12. The van der Waals surface area contributed by atoms with E-state index in [9.17, 15) is 4.79 Å². The van der Waals surface area contributed by atoms with Gasteiger partial charge in [-0.1, -0.05) is 28.9 Å². The van der Waals surface area contributed by atoms with E-state index < -0.39 is 0 Å². The zero-order valence-corrected chi connectivity index (χ0v) is 16.7. The van der Waals surface area contributed by atoms with Gasteiger partial charge in [-0.15, -0.1) is 0 Å². The lowest BCUT2D eigenvalue weighted by molar-refractivity contribution is -0.115. The predicted octanol–water partition coefficient (Wildman–Crippen LogP) is 4.71. The Kier molecular flexibility index (Phi) is 6.21. The van der Waals surface area contributed by atoms with E-state index in [2.05, 4.69) is 10.5 Å². The molecule has 6 nitrogen and oxygen atoms in total. The number of anilines is 1. The molecular formula is C21H21ClN2O4. The number of rotatable bonds is 7. The van der Waals surface area contributed by atoms with Gasteiger partial charge in [0, 0.05) is 5.02 Å². The van der Waals surface area contributed by atoms with Crippen molar-refractivity contribution >= 4 is 23.2 Å². The van der Waals surface area contributed by atoms with Gasteiger partial charge in [0.25, 0.3) is 0 Å². The highest BCUT2D eigenvalue weighted by molar-refractivity contribution is 6.31. The average Bonchev–Trinajstić information content (AvgIpc) is 2.99. The third-order valence-corrected chi connectivity index (χ3v) is 4.52. The molecule has 28 heavy (non-hydrogen) atoms. The fourth-order valence-electron chi connectivity index (χ4n) is 2.72. The molecular weight excluding hydrogens is 380 g/mol. The number of benzene rings is 2. The van der Waals surface area contributed by atoms with E-state index >= 15 is 0 Å². The van der Waals surface area contributed by atoms with Crippen molar-refractivity contribution in [2.75, 3.05) is 12.4 Å². The largest absolute Gasteiger partial charge is 0.495 e. The lowest BCUT2D eigenvalue weighted by atomic mass is 10.1. The molecule has 1 N–H and O–H groups in total. The summed E-state index contributed by atoms with van der Waals surface area (Å²) in [5.74, 6) is 1.86. The monoisotopic (exact) mass is 400 g/mol. The Hall–Kier alpha value is -2.99. The number of aromatic nitrogens is 1. The van der Waals surface area contributed by atoms with E-state index in [1.54, 1.807) is 25.3 Å². The molecule has 0 bridgehead atoms. The van der Waals surface area contributed by atoms with Crippen LogP contribution in [-0.2, 0) is 17.8 Å². The Morgan fingerprint density at radius 2 is 1.93 bits per heavy atom. The Morgan fingerprint density at radius 1 is 1.18 bits per heavy atom. The van der Waals surface area contributed by atoms with Gasteiger partial charge in [-0.25, -0.2) is 0 Å². The van der Waals surface area contributed by atoms with Crippen molar-refractivity contribution in [1.82, 2.24) is 5.16 Å². The summed E-state index contributed by atoms with van der Waals surface area (Å²) in [7, 11) is 1.54. The molecule has 0 saturated carbocycles. The van der Waals surface area contributed by atoms with Crippen LogP contribution in [0.1, 0.15) is 22.6 Å². The van der Waals surface area contributed by atoms with E-state index in [1.165, 1.54) is 0 Å². The molecule has 0 fully saturated rings. The summed E-state index contributed by atoms with van der Waals surface area (Å²) in [5.41, 5.74) is 3.17. The van der Waals surface area contributed by atoms with Crippen LogP contribution in [0.4, 0.5) is 5.69 Å². The molecule has 1 heterocycles. The highest BCUT2D eigenvalue weighted by Crippen LogP contribution is 2.28. The second-order valence-corrected chi connectivity index (χ2v) is 6.74. The fourth-order valence-corrected chi connectivity index (χ4v) is 2.90. The van der Waals surface area contributed by atoms with Crippen LogP contribution < -0.4 is 14.8 Å². The van der Waals surface area contributed by atoms with Gasteiger partial charge < -0.3 is 19.3 Å². The molecule has 7 heteroatoms. The molecule has 0 aliphatic rings. The Labute approximate surface area is 168 Å². The van der Waals surface area contributed by atoms with E-state index in [4.69, 9.17) is 25.6 Å². The van der Waals surface area contributed by atoms with Gasteiger partial charge in [-0.2, -0.15) is 0 Å². The minimum Gasteiger partial charge on any atom is -0.495 e. The molecule has 3 aromatic rings. The first kappa shape index (κ1) is 19.8. The first-order valence-electron chi connectivity index (χ1n) is 8.73. The maximum Gasteiger partial charge on any atom is 0.228 e. The highest BCUT2D eigenvalue weighted by Gasteiger charge is 2.11. The Balaban J connectivity index is 1.58. The molecule has 1 aromatic heterocycles. The van der Waals surface area contributed by atoms with Crippen molar-refractivity contribution in [2.45, 2.75) is 26.9 Å². The quantitative estimate of drug-likeness (QED) is 0.621. The molecule has 0 atom stereocenters. The van der Waals surface area contributed by atoms with Gasteiger partial charge in [-0.3, -0.25) is 4.79 Å². The first-order valence-corrected chi connectivity index (χ1v) is 9.11. The highest BCUT2D eigenvalue weighted by atomic mass is 35.5. The molecule has 0 aliphatic carbocycles. The fraction of sp³-hybridized carbons (Fsp3) is 0.238. The maximum absolute atomic E-state index is 12.3. The van der Waals surface area contributed by atoms with Gasteiger partial charge in [-0.05, 0) is 49.7 Å². The third-order valence-electron chi connectivity index (χ3n) is 4.29. The van der Waals surface area contributed by atoms with Crippen LogP contribution in [0.2, 0.25) is 5.02 Å². The van der Waals surface area contributed by atoms with Gasteiger partial charge >= 0.3 is 0 Å². The van der Waals surface area contributed by atoms with Crippen molar-refractivity contribution in [3.05, 3.63) is 70.1 Å². The molecule has 0 saturated heterocycles.